The number of benzene rings is 3. The van der Waals surface area contributed by atoms with Crippen LogP contribution in [0.1, 0.15) is 22.7 Å². The Morgan fingerprint density at radius 2 is 1.66 bits per heavy atom. The molecular formula is C27H25Br2FN2O8S. The Labute approximate surface area is 252 Å². The number of ether oxygens (including phenoxy) is 1. The highest BCUT2D eigenvalue weighted by Gasteiger charge is 2.25. The summed E-state index contributed by atoms with van der Waals surface area (Å²) in [6.45, 7) is 0.732. The van der Waals surface area contributed by atoms with E-state index in [4.69, 9.17) is 14.9 Å². The lowest BCUT2D eigenvalue weighted by atomic mass is 9.89. The summed E-state index contributed by atoms with van der Waals surface area (Å²) in [5.41, 5.74) is 2.97. The SMILES string of the molecule is COc1c(Br)cc(CC2NCCc3cc(O)c(NS(=O)(=O)c4ccc(F)cc4)cc32)cc1Br.O=C(O)C=CC(=O)O. The van der Waals surface area contributed by atoms with Crippen LogP contribution in [-0.4, -0.2) is 49.3 Å². The van der Waals surface area contributed by atoms with Crippen molar-refractivity contribution in [3.05, 3.63) is 92.1 Å². The molecule has 0 saturated heterocycles. The number of rotatable bonds is 8. The van der Waals surface area contributed by atoms with E-state index in [0.29, 0.717) is 30.7 Å². The van der Waals surface area contributed by atoms with Gasteiger partial charge in [-0.15, -0.1) is 0 Å². The summed E-state index contributed by atoms with van der Waals surface area (Å²) in [6, 6.07) is 11.7. The number of hydrogen-bond donors (Lipinski definition) is 5. The van der Waals surface area contributed by atoms with Gasteiger partial charge in [0, 0.05) is 18.2 Å². The third-order valence-electron chi connectivity index (χ3n) is 5.86. The molecule has 5 N–H and O–H groups in total. The summed E-state index contributed by atoms with van der Waals surface area (Å²) in [6.07, 6.45) is 2.47. The fourth-order valence-corrected chi connectivity index (χ4v) is 6.74. The van der Waals surface area contributed by atoms with Crippen molar-refractivity contribution in [2.75, 3.05) is 18.4 Å². The third-order valence-corrected chi connectivity index (χ3v) is 8.42. The Kier molecular flexibility index (Phi) is 10.9. The van der Waals surface area contributed by atoms with E-state index in [-0.39, 0.29) is 22.4 Å². The van der Waals surface area contributed by atoms with Crippen LogP contribution in [0.15, 0.2) is 74.5 Å². The van der Waals surface area contributed by atoms with Gasteiger partial charge in [0.1, 0.15) is 17.3 Å². The molecule has 1 aliphatic rings. The molecule has 4 rings (SSSR count). The summed E-state index contributed by atoms with van der Waals surface area (Å²) in [7, 11) is -2.40. The van der Waals surface area contributed by atoms with Crippen LogP contribution in [0.4, 0.5) is 10.1 Å². The quantitative estimate of drug-likeness (QED) is 0.160. The van der Waals surface area contributed by atoms with Crippen molar-refractivity contribution in [1.82, 2.24) is 5.32 Å². The molecule has 3 aromatic carbocycles. The summed E-state index contributed by atoms with van der Waals surface area (Å²) >= 11 is 7.05. The van der Waals surface area contributed by atoms with Crippen LogP contribution in [-0.2, 0) is 32.5 Å². The number of phenols is 1. The van der Waals surface area contributed by atoms with Crippen molar-refractivity contribution in [3.8, 4) is 11.5 Å². The first-order valence-corrected chi connectivity index (χ1v) is 14.9. The van der Waals surface area contributed by atoms with Gasteiger partial charge in [-0.25, -0.2) is 22.4 Å². The van der Waals surface area contributed by atoms with E-state index < -0.39 is 27.8 Å². The lowest BCUT2D eigenvalue weighted by Gasteiger charge is -2.28. The predicted octanol–water partition coefficient (Wildman–Crippen LogP) is 5.01. The molecule has 0 aromatic heterocycles. The molecule has 1 atom stereocenters. The van der Waals surface area contributed by atoms with Gasteiger partial charge >= 0.3 is 11.9 Å². The number of nitrogens with one attached hydrogen (secondary N) is 2. The van der Waals surface area contributed by atoms with Crippen molar-refractivity contribution in [1.29, 1.82) is 0 Å². The minimum atomic E-state index is -4.00. The second kappa shape index (κ2) is 13.9. The van der Waals surface area contributed by atoms with Gasteiger partial charge < -0.3 is 25.4 Å². The summed E-state index contributed by atoms with van der Waals surface area (Å²) in [5, 5.41) is 29.6. The topological polar surface area (TPSA) is 162 Å². The lowest BCUT2D eigenvalue weighted by molar-refractivity contribution is -0.134. The monoisotopic (exact) mass is 714 g/mol. The number of phenolic OH excluding ortho intramolecular Hbond substituents is 1. The Hall–Kier alpha value is -3.46. The highest BCUT2D eigenvalue weighted by molar-refractivity contribution is 9.11. The first kappa shape index (κ1) is 32.1. The lowest BCUT2D eigenvalue weighted by Crippen LogP contribution is -2.31. The number of aliphatic carboxylic acids is 2. The van der Waals surface area contributed by atoms with E-state index >= 15 is 0 Å². The fourth-order valence-electron chi connectivity index (χ4n) is 4.06. The van der Waals surface area contributed by atoms with Gasteiger partial charge in [-0.05, 0) is 116 Å². The second-order valence-corrected chi connectivity index (χ2v) is 12.1. The van der Waals surface area contributed by atoms with Gasteiger partial charge in [0.05, 0.1) is 26.6 Å². The molecule has 0 radical (unpaired) electrons. The van der Waals surface area contributed by atoms with Crippen molar-refractivity contribution < 1.29 is 42.5 Å². The minimum absolute atomic E-state index is 0.0730. The average molecular weight is 716 g/mol. The number of anilines is 1. The molecule has 1 unspecified atom stereocenters. The van der Waals surface area contributed by atoms with Crippen LogP contribution in [0, 0.1) is 5.82 Å². The van der Waals surface area contributed by atoms with Gasteiger partial charge in [-0.3, -0.25) is 4.72 Å². The first-order valence-electron chi connectivity index (χ1n) is 11.8. The molecule has 0 fully saturated rings. The zero-order chi connectivity index (χ0) is 30.3. The highest BCUT2D eigenvalue weighted by Crippen LogP contribution is 2.38. The van der Waals surface area contributed by atoms with Gasteiger partial charge in [-0.2, -0.15) is 0 Å². The van der Waals surface area contributed by atoms with E-state index in [9.17, 15) is 27.5 Å². The zero-order valence-corrected chi connectivity index (χ0v) is 25.4. The number of methoxy groups -OCH3 is 1. The van der Waals surface area contributed by atoms with E-state index in [1.165, 1.54) is 12.1 Å². The van der Waals surface area contributed by atoms with Gasteiger partial charge in [0.15, 0.2) is 0 Å². The van der Waals surface area contributed by atoms with E-state index in [1.54, 1.807) is 19.2 Å². The van der Waals surface area contributed by atoms with Crippen LogP contribution >= 0.6 is 31.9 Å². The van der Waals surface area contributed by atoms with Gasteiger partial charge in [-0.1, -0.05) is 0 Å². The molecule has 0 bridgehead atoms. The van der Waals surface area contributed by atoms with Crippen LogP contribution in [0.5, 0.6) is 11.5 Å². The Bertz CT molecular complexity index is 1540. The second-order valence-electron chi connectivity index (χ2n) is 8.69. The van der Waals surface area contributed by atoms with Crippen molar-refractivity contribution >= 4 is 59.5 Å². The molecule has 41 heavy (non-hydrogen) atoms. The number of aromatic hydroxyl groups is 1. The molecule has 1 heterocycles. The molecule has 0 aliphatic carbocycles. The first-order chi connectivity index (χ1) is 19.3. The molecular weight excluding hydrogens is 691 g/mol. The van der Waals surface area contributed by atoms with Crippen LogP contribution < -0.4 is 14.8 Å². The molecule has 0 amide bonds. The van der Waals surface area contributed by atoms with Gasteiger partial charge in [0.25, 0.3) is 10.0 Å². The van der Waals surface area contributed by atoms with Crippen LogP contribution in [0.3, 0.4) is 0 Å². The molecule has 0 saturated carbocycles. The largest absolute Gasteiger partial charge is 0.506 e. The third kappa shape index (κ3) is 8.76. The number of carboxylic acids is 2. The fraction of sp³-hybridized carbons (Fsp3) is 0.185. The van der Waals surface area contributed by atoms with Crippen molar-refractivity contribution in [2.24, 2.45) is 0 Å². The Balaban J connectivity index is 0.000000507. The van der Waals surface area contributed by atoms with Crippen molar-refractivity contribution in [2.45, 2.75) is 23.8 Å². The van der Waals surface area contributed by atoms with E-state index in [0.717, 1.165) is 44.3 Å². The smallest absolute Gasteiger partial charge is 0.328 e. The number of carbonyl (C=O) groups is 2. The summed E-state index contributed by atoms with van der Waals surface area (Å²) in [4.78, 5) is 19.0. The number of fused-ring (bicyclic) bond motifs is 1. The Morgan fingerprint density at radius 1 is 1.07 bits per heavy atom. The van der Waals surface area contributed by atoms with Crippen molar-refractivity contribution in [3.63, 3.8) is 0 Å². The van der Waals surface area contributed by atoms with Crippen LogP contribution in [0.2, 0.25) is 0 Å². The highest BCUT2D eigenvalue weighted by atomic mass is 79.9. The average Bonchev–Trinajstić information content (AvgIpc) is 2.89. The summed E-state index contributed by atoms with van der Waals surface area (Å²) < 4.78 is 48.2. The molecule has 14 heteroatoms. The normalized spacial score (nSPS) is 14.5. The van der Waals surface area contributed by atoms with E-state index in [2.05, 4.69) is 41.9 Å². The maximum absolute atomic E-state index is 13.2. The number of halogens is 3. The molecule has 1 aliphatic heterocycles. The molecule has 0 spiro atoms. The molecule has 10 nitrogen and oxygen atoms in total. The zero-order valence-electron chi connectivity index (χ0n) is 21.4. The minimum Gasteiger partial charge on any atom is -0.506 e. The molecule has 3 aromatic rings. The summed E-state index contributed by atoms with van der Waals surface area (Å²) in [5.74, 6) is -2.50. The maximum Gasteiger partial charge on any atom is 0.328 e. The number of hydrogen-bond acceptors (Lipinski definition) is 7. The molecule has 218 valence electrons. The predicted molar refractivity (Wildman–Crippen MR) is 156 cm³/mol. The van der Waals surface area contributed by atoms with E-state index in [1.807, 2.05) is 12.1 Å². The number of sulfonamides is 1. The number of carboxylic acid groups (broad SMARTS) is 2. The van der Waals surface area contributed by atoms with Gasteiger partial charge in [0.2, 0.25) is 0 Å². The standard InChI is InChI=1S/C23H21Br2FN2O4S.C4H4O4/c1-32-23-18(24)8-13(9-19(23)25)10-20-17-12-21(22(29)11-14(17)6-7-27-20)28-33(30,31)16-4-2-15(26)3-5-16;5-3(6)1-2-4(7)8/h2-5,8-9,11-12,20,27-29H,6-7,10H2,1H3;1-2H,(H,5,6)(H,7,8). The Morgan fingerprint density at radius 3 is 2.20 bits per heavy atom. The van der Waals surface area contributed by atoms with Crippen LogP contribution in [0.25, 0.3) is 0 Å². The maximum atomic E-state index is 13.2.